The van der Waals surface area contributed by atoms with E-state index in [9.17, 15) is 4.79 Å². The highest BCUT2D eigenvalue weighted by Crippen LogP contribution is 2.29. The van der Waals surface area contributed by atoms with Crippen LogP contribution < -0.4 is 0 Å². The summed E-state index contributed by atoms with van der Waals surface area (Å²) < 4.78 is 11.4. The number of rotatable bonds is 4. The second kappa shape index (κ2) is 6.38. The van der Waals surface area contributed by atoms with E-state index >= 15 is 0 Å². The molecule has 0 fully saturated rings. The average Bonchev–Trinajstić information content (AvgIpc) is 2.86. The first-order valence-corrected chi connectivity index (χ1v) is 6.69. The maximum absolute atomic E-state index is 11.2. The molecular weight excluding hydrogens is 308 g/mol. The normalized spacial score (nSPS) is 10.8. The predicted molar refractivity (Wildman–Crippen MR) is 77.5 cm³/mol. The van der Waals surface area contributed by atoms with Gasteiger partial charge in [0.15, 0.2) is 0 Å². The fourth-order valence-electron chi connectivity index (χ4n) is 1.59. The third-order valence-corrected chi connectivity index (χ3v) is 3.13. The Labute approximate surface area is 120 Å². The molecule has 0 spiro atoms. The van der Waals surface area contributed by atoms with Crippen LogP contribution in [0.15, 0.2) is 51.4 Å². The molecule has 0 atom stereocenters. The van der Waals surface area contributed by atoms with Crippen LogP contribution >= 0.6 is 15.9 Å². The summed E-state index contributed by atoms with van der Waals surface area (Å²) in [4.78, 5) is 11.2. The number of hydrogen-bond acceptors (Lipinski definition) is 3. The Morgan fingerprint density at radius 3 is 2.84 bits per heavy atom. The number of carbonyl (C=O) groups is 1. The van der Waals surface area contributed by atoms with Crippen molar-refractivity contribution < 1.29 is 13.9 Å². The molecule has 1 heterocycles. The molecule has 0 bridgehead atoms. The summed E-state index contributed by atoms with van der Waals surface area (Å²) in [5.41, 5.74) is 0.971. The molecule has 0 aliphatic heterocycles. The zero-order valence-electron chi connectivity index (χ0n) is 10.4. The molecule has 1 aromatic carbocycles. The summed E-state index contributed by atoms with van der Waals surface area (Å²) in [5.74, 6) is 0.983. The van der Waals surface area contributed by atoms with Gasteiger partial charge in [0.05, 0.1) is 6.61 Å². The third kappa shape index (κ3) is 3.58. The molecule has 0 amide bonds. The van der Waals surface area contributed by atoms with Crippen molar-refractivity contribution in [1.82, 2.24) is 0 Å². The number of carbonyl (C=O) groups excluding carboxylic acids is 1. The van der Waals surface area contributed by atoms with E-state index in [4.69, 9.17) is 9.15 Å². The van der Waals surface area contributed by atoms with E-state index < -0.39 is 0 Å². The van der Waals surface area contributed by atoms with Crippen LogP contribution in [0, 0.1) is 0 Å². The highest BCUT2D eigenvalue weighted by Gasteiger charge is 2.06. The molecule has 0 saturated carbocycles. The maximum Gasteiger partial charge on any atom is 0.330 e. The summed E-state index contributed by atoms with van der Waals surface area (Å²) in [6.45, 7) is 2.13. The fraction of sp³-hybridized carbons (Fsp3) is 0.133. The van der Waals surface area contributed by atoms with E-state index in [-0.39, 0.29) is 5.97 Å². The van der Waals surface area contributed by atoms with Gasteiger partial charge in [0, 0.05) is 16.1 Å². The second-order valence-electron chi connectivity index (χ2n) is 3.77. The third-order valence-electron chi connectivity index (χ3n) is 2.44. The molecule has 0 saturated heterocycles. The Hall–Kier alpha value is -1.81. The van der Waals surface area contributed by atoms with Crippen LogP contribution in [-0.2, 0) is 9.53 Å². The molecule has 0 radical (unpaired) electrons. The van der Waals surface area contributed by atoms with E-state index in [2.05, 4.69) is 15.9 Å². The Kier molecular flexibility index (Phi) is 4.58. The van der Waals surface area contributed by atoms with Gasteiger partial charge in [-0.2, -0.15) is 0 Å². The number of ether oxygens (including phenoxy) is 1. The molecule has 0 N–H and O–H groups in total. The molecule has 2 aromatic rings. The van der Waals surface area contributed by atoms with Gasteiger partial charge in [-0.15, -0.1) is 0 Å². The quantitative estimate of drug-likeness (QED) is 0.623. The highest BCUT2D eigenvalue weighted by atomic mass is 79.9. The van der Waals surface area contributed by atoms with Gasteiger partial charge in [-0.1, -0.05) is 34.1 Å². The molecule has 4 heteroatoms. The summed E-state index contributed by atoms with van der Waals surface area (Å²) in [5, 5.41) is 0. The van der Waals surface area contributed by atoms with Crippen LogP contribution in [0.3, 0.4) is 0 Å². The molecule has 0 unspecified atom stereocenters. The van der Waals surface area contributed by atoms with E-state index in [0.29, 0.717) is 12.4 Å². The lowest BCUT2D eigenvalue weighted by Gasteiger charge is -1.99. The van der Waals surface area contributed by atoms with Crippen molar-refractivity contribution in [3.8, 4) is 11.3 Å². The van der Waals surface area contributed by atoms with Crippen molar-refractivity contribution in [3.05, 3.63) is 52.7 Å². The monoisotopic (exact) mass is 320 g/mol. The lowest BCUT2D eigenvalue weighted by molar-refractivity contribution is -0.137. The van der Waals surface area contributed by atoms with Crippen LogP contribution in [0.1, 0.15) is 12.7 Å². The maximum atomic E-state index is 11.2. The zero-order chi connectivity index (χ0) is 13.7. The standard InChI is InChI=1S/C15H13BrO3/c1-2-18-15(17)10-8-11-7-9-14(19-11)12-5-3-4-6-13(12)16/h3-10H,2H2,1H3/b10-8+. The molecule has 2 rings (SSSR count). The summed E-state index contributed by atoms with van der Waals surface area (Å²) in [7, 11) is 0. The summed E-state index contributed by atoms with van der Waals surface area (Å²) >= 11 is 3.47. The second-order valence-corrected chi connectivity index (χ2v) is 4.62. The van der Waals surface area contributed by atoms with Crippen molar-refractivity contribution in [3.63, 3.8) is 0 Å². The van der Waals surface area contributed by atoms with Gasteiger partial charge in [0.25, 0.3) is 0 Å². The molecule has 1 aromatic heterocycles. The number of benzene rings is 1. The Balaban J connectivity index is 2.16. The molecule has 19 heavy (non-hydrogen) atoms. The predicted octanol–water partition coefficient (Wildman–Crippen LogP) is 4.29. The van der Waals surface area contributed by atoms with E-state index in [1.54, 1.807) is 13.0 Å². The van der Waals surface area contributed by atoms with E-state index in [1.165, 1.54) is 6.08 Å². The van der Waals surface area contributed by atoms with Crippen molar-refractivity contribution in [1.29, 1.82) is 0 Å². The topological polar surface area (TPSA) is 39.4 Å². The molecule has 0 aliphatic rings. The van der Waals surface area contributed by atoms with Crippen LogP contribution in [0.2, 0.25) is 0 Å². The molecule has 3 nitrogen and oxygen atoms in total. The first kappa shape index (κ1) is 13.6. The minimum absolute atomic E-state index is 0.365. The van der Waals surface area contributed by atoms with Gasteiger partial charge in [-0.3, -0.25) is 0 Å². The van der Waals surface area contributed by atoms with Crippen molar-refractivity contribution >= 4 is 28.0 Å². The van der Waals surface area contributed by atoms with Crippen molar-refractivity contribution in [2.45, 2.75) is 6.92 Å². The first-order chi connectivity index (χ1) is 9.20. The number of hydrogen-bond donors (Lipinski definition) is 0. The zero-order valence-corrected chi connectivity index (χ0v) is 12.0. The highest BCUT2D eigenvalue weighted by molar-refractivity contribution is 9.10. The molecular formula is C15H13BrO3. The smallest absolute Gasteiger partial charge is 0.330 e. The van der Waals surface area contributed by atoms with Crippen LogP contribution in [0.4, 0.5) is 0 Å². The van der Waals surface area contributed by atoms with Crippen molar-refractivity contribution in [2.75, 3.05) is 6.61 Å². The van der Waals surface area contributed by atoms with Gasteiger partial charge in [0.1, 0.15) is 11.5 Å². The number of furan rings is 1. The van der Waals surface area contributed by atoms with Crippen molar-refractivity contribution in [2.24, 2.45) is 0 Å². The molecule has 98 valence electrons. The first-order valence-electron chi connectivity index (χ1n) is 5.90. The average molecular weight is 321 g/mol. The SMILES string of the molecule is CCOC(=O)/C=C/c1ccc(-c2ccccc2Br)o1. The van der Waals surface area contributed by atoms with Gasteiger partial charge in [0.2, 0.25) is 0 Å². The number of halogens is 1. The lowest BCUT2D eigenvalue weighted by atomic mass is 10.2. The minimum atomic E-state index is -0.374. The van der Waals surface area contributed by atoms with E-state index in [1.807, 2.05) is 36.4 Å². The fourth-order valence-corrected chi connectivity index (χ4v) is 2.07. The van der Waals surface area contributed by atoms with Gasteiger partial charge < -0.3 is 9.15 Å². The number of esters is 1. The van der Waals surface area contributed by atoms with Gasteiger partial charge in [-0.05, 0) is 31.2 Å². The Bertz CT molecular complexity index is 599. The summed E-state index contributed by atoms with van der Waals surface area (Å²) in [6.07, 6.45) is 2.95. The molecule has 0 aliphatic carbocycles. The van der Waals surface area contributed by atoms with E-state index in [0.717, 1.165) is 15.8 Å². The van der Waals surface area contributed by atoms with Crippen LogP contribution in [0.5, 0.6) is 0 Å². The van der Waals surface area contributed by atoms with Crippen LogP contribution in [-0.4, -0.2) is 12.6 Å². The van der Waals surface area contributed by atoms with Crippen LogP contribution in [0.25, 0.3) is 17.4 Å². The lowest BCUT2D eigenvalue weighted by Crippen LogP contribution is -1.98. The Morgan fingerprint density at radius 1 is 1.32 bits per heavy atom. The summed E-state index contributed by atoms with van der Waals surface area (Å²) in [6, 6.07) is 11.5. The van der Waals surface area contributed by atoms with Gasteiger partial charge in [-0.25, -0.2) is 4.79 Å². The Morgan fingerprint density at radius 2 is 2.11 bits per heavy atom. The largest absolute Gasteiger partial charge is 0.463 e. The van der Waals surface area contributed by atoms with Gasteiger partial charge >= 0.3 is 5.97 Å². The minimum Gasteiger partial charge on any atom is -0.463 e.